The zero-order valence-corrected chi connectivity index (χ0v) is 13.1. The molecular weight excluding hydrogens is 252 g/mol. The van der Waals surface area contributed by atoms with Gasteiger partial charge in [0.25, 0.3) is 0 Å². The Morgan fingerprint density at radius 3 is 2.35 bits per heavy atom. The van der Waals surface area contributed by atoms with E-state index in [9.17, 15) is 0 Å². The molecule has 0 spiro atoms. The molecule has 2 heterocycles. The van der Waals surface area contributed by atoms with Crippen LogP contribution in [0.15, 0.2) is 0 Å². The lowest BCUT2D eigenvalue weighted by Crippen LogP contribution is -2.34. The van der Waals surface area contributed by atoms with Gasteiger partial charge in [0.15, 0.2) is 0 Å². The standard InChI is InChI=1S/C14H26N6/c1-14(2,3)10-19(4)12-16-11(15)17-13(18-12)20-8-6-5-7-9-20/h5-10H2,1-4H3,(H2,15,16,17,18). The number of hydrogen-bond donors (Lipinski definition) is 1. The van der Waals surface area contributed by atoms with E-state index in [4.69, 9.17) is 5.73 Å². The summed E-state index contributed by atoms with van der Waals surface area (Å²) in [6.45, 7) is 9.46. The van der Waals surface area contributed by atoms with Crippen LogP contribution in [-0.4, -0.2) is 41.6 Å². The van der Waals surface area contributed by atoms with Crippen molar-refractivity contribution in [1.82, 2.24) is 15.0 Å². The van der Waals surface area contributed by atoms with Gasteiger partial charge >= 0.3 is 0 Å². The molecule has 1 aromatic heterocycles. The Morgan fingerprint density at radius 2 is 1.75 bits per heavy atom. The van der Waals surface area contributed by atoms with Crippen molar-refractivity contribution in [2.24, 2.45) is 5.41 Å². The predicted octanol–water partition coefficient (Wildman–Crippen LogP) is 1.93. The molecule has 1 aliphatic rings. The van der Waals surface area contributed by atoms with Crippen LogP contribution in [0.3, 0.4) is 0 Å². The number of anilines is 3. The van der Waals surface area contributed by atoms with E-state index in [-0.39, 0.29) is 5.41 Å². The SMILES string of the molecule is CN(CC(C)(C)C)c1nc(N)nc(N2CCCCC2)n1. The third kappa shape index (κ3) is 3.95. The van der Waals surface area contributed by atoms with Crippen LogP contribution in [0, 0.1) is 5.41 Å². The third-order valence-electron chi connectivity index (χ3n) is 3.32. The van der Waals surface area contributed by atoms with Gasteiger partial charge in [-0.25, -0.2) is 0 Å². The van der Waals surface area contributed by atoms with Gasteiger partial charge in [-0.15, -0.1) is 0 Å². The molecule has 0 unspecified atom stereocenters. The molecule has 0 aliphatic carbocycles. The van der Waals surface area contributed by atoms with Crippen molar-refractivity contribution >= 4 is 17.8 Å². The molecule has 1 saturated heterocycles. The largest absolute Gasteiger partial charge is 0.368 e. The summed E-state index contributed by atoms with van der Waals surface area (Å²) in [4.78, 5) is 17.4. The topological polar surface area (TPSA) is 71.2 Å². The fourth-order valence-electron chi connectivity index (χ4n) is 2.56. The van der Waals surface area contributed by atoms with E-state index < -0.39 is 0 Å². The molecular formula is C14H26N6. The van der Waals surface area contributed by atoms with E-state index in [2.05, 4.69) is 40.6 Å². The number of piperidine rings is 1. The van der Waals surface area contributed by atoms with Crippen LogP contribution >= 0.6 is 0 Å². The average Bonchev–Trinajstić information content (AvgIpc) is 2.37. The van der Waals surface area contributed by atoms with Crippen molar-refractivity contribution in [1.29, 1.82) is 0 Å². The van der Waals surface area contributed by atoms with Gasteiger partial charge in [-0.3, -0.25) is 0 Å². The highest BCUT2D eigenvalue weighted by molar-refractivity contribution is 5.43. The van der Waals surface area contributed by atoms with Gasteiger partial charge in [0, 0.05) is 26.7 Å². The molecule has 0 saturated carbocycles. The second-order valence-electron chi connectivity index (χ2n) is 6.76. The van der Waals surface area contributed by atoms with Gasteiger partial charge in [0.2, 0.25) is 17.8 Å². The first-order valence-electron chi connectivity index (χ1n) is 7.33. The maximum absolute atomic E-state index is 5.85. The Bertz CT molecular complexity index is 447. The van der Waals surface area contributed by atoms with Gasteiger partial charge in [-0.2, -0.15) is 15.0 Å². The maximum Gasteiger partial charge on any atom is 0.231 e. The minimum Gasteiger partial charge on any atom is -0.368 e. The molecule has 6 heteroatoms. The zero-order chi connectivity index (χ0) is 14.8. The van der Waals surface area contributed by atoms with Crippen LogP contribution < -0.4 is 15.5 Å². The van der Waals surface area contributed by atoms with Crippen LogP contribution in [0.2, 0.25) is 0 Å². The normalized spacial score (nSPS) is 16.3. The number of nitrogen functional groups attached to an aromatic ring is 1. The second kappa shape index (κ2) is 5.81. The van der Waals surface area contributed by atoms with Crippen LogP contribution in [0.25, 0.3) is 0 Å². The van der Waals surface area contributed by atoms with E-state index in [1.165, 1.54) is 19.3 Å². The molecule has 0 aromatic carbocycles. The number of aromatic nitrogens is 3. The summed E-state index contributed by atoms with van der Waals surface area (Å²) < 4.78 is 0. The van der Waals surface area contributed by atoms with Gasteiger partial charge in [0.05, 0.1) is 0 Å². The lowest BCUT2D eigenvalue weighted by Gasteiger charge is -2.29. The highest BCUT2D eigenvalue weighted by Crippen LogP contribution is 2.21. The van der Waals surface area contributed by atoms with E-state index in [1.807, 2.05) is 11.9 Å². The minimum atomic E-state index is 0.182. The van der Waals surface area contributed by atoms with E-state index in [1.54, 1.807) is 0 Å². The van der Waals surface area contributed by atoms with Crippen LogP contribution in [0.5, 0.6) is 0 Å². The molecule has 0 radical (unpaired) electrons. The van der Waals surface area contributed by atoms with Gasteiger partial charge in [0.1, 0.15) is 0 Å². The molecule has 1 aromatic rings. The zero-order valence-electron chi connectivity index (χ0n) is 13.1. The Morgan fingerprint density at radius 1 is 1.10 bits per heavy atom. The molecule has 112 valence electrons. The van der Waals surface area contributed by atoms with Crippen LogP contribution in [-0.2, 0) is 0 Å². The number of nitrogens with two attached hydrogens (primary N) is 1. The molecule has 1 aliphatic heterocycles. The van der Waals surface area contributed by atoms with E-state index >= 15 is 0 Å². The highest BCUT2D eigenvalue weighted by Gasteiger charge is 2.19. The Labute approximate surface area is 121 Å². The molecule has 0 amide bonds. The Kier molecular flexibility index (Phi) is 4.30. The summed E-state index contributed by atoms with van der Waals surface area (Å²) in [5, 5.41) is 0. The monoisotopic (exact) mass is 278 g/mol. The van der Waals surface area contributed by atoms with Crippen LogP contribution in [0.1, 0.15) is 40.0 Å². The number of nitrogens with zero attached hydrogens (tertiary/aromatic N) is 5. The molecule has 0 bridgehead atoms. The molecule has 20 heavy (non-hydrogen) atoms. The lowest BCUT2D eigenvalue weighted by atomic mass is 9.96. The predicted molar refractivity (Wildman–Crippen MR) is 83.0 cm³/mol. The molecule has 0 atom stereocenters. The minimum absolute atomic E-state index is 0.182. The molecule has 6 nitrogen and oxygen atoms in total. The summed E-state index contributed by atoms with van der Waals surface area (Å²) in [6, 6.07) is 0. The summed E-state index contributed by atoms with van der Waals surface area (Å²) in [5.41, 5.74) is 6.03. The van der Waals surface area contributed by atoms with Gasteiger partial charge < -0.3 is 15.5 Å². The van der Waals surface area contributed by atoms with Crippen molar-refractivity contribution in [2.45, 2.75) is 40.0 Å². The first-order chi connectivity index (χ1) is 9.35. The summed E-state index contributed by atoms with van der Waals surface area (Å²) >= 11 is 0. The molecule has 2 N–H and O–H groups in total. The van der Waals surface area contributed by atoms with E-state index in [0.717, 1.165) is 19.6 Å². The maximum atomic E-state index is 5.85. The fraction of sp³-hybridized carbons (Fsp3) is 0.786. The highest BCUT2D eigenvalue weighted by atomic mass is 15.3. The Balaban J connectivity index is 2.19. The van der Waals surface area contributed by atoms with Crippen molar-refractivity contribution < 1.29 is 0 Å². The molecule has 1 fully saturated rings. The first kappa shape index (κ1) is 14.8. The third-order valence-corrected chi connectivity index (χ3v) is 3.32. The first-order valence-corrected chi connectivity index (χ1v) is 7.33. The number of hydrogen-bond acceptors (Lipinski definition) is 6. The van der Waals surface area contributed by atoms with Crippen LogP contribution in [0.4, 0.5) is 17.8 Å². The van der Waals surface area contributed by atoms with Crippen molar-refractivity contribution in [3.05, 3.63) is 0 Å². The second-order valence-corrected chi connectivity index (χ2v) is 6.76. The molecule has 2 rings (SSSR count). The van der Waals surface area contributed by atoms with Crippen molar-refractivity contribution in [3.8, 4) is 0 Å². The average molecular weight is 278 g/mol. The summed E-state index contributed by atoms with van der Waals surface area (Å²) in [5.74, 6) is 1.68. The van der Waals surface area contributed by atoms with Crippen molar-refractivity contribution in [3.63, 3.8) is 0 Å². The van der Waals surface area contributed by atoms with Crippen molar-refractivity contribution in [2.75, 3.05) is 42.2 Å². The summed E-state index contributed by atoms with van der Waals surface area (Å²) in [7, 11) is 2.00. The lowest BCUT2D eigenvalue weighted by molar-refractivity contribution is 0.416. The Hall–Kier alpha value is -1.59. The smallest absolute Gasteiger partial charge is 0.231 e. The van der Waals surface area contributed by atoms with Gasteiger partial charge in [-0.05, 0) is 24.7 Å². The fourth-order valence-corrected chi connectivity index (χ4v) is 2.56. The quantitative estimate of drug-likeness (QED) is 0.911. The summed E-state index contributed by atoms with van der Waals surface area (Å²) in [6.07, 6.45) is 3.67. The van der Waals surface area contributed by atoms with Gasteiger partial charge in [-0.1, -0.05) is 20.8 Å². The number of rotatable bonds is 3. The van der Waals surface area contributed by atoms with E-state index in [0.29, 0.717) is 17.8 Å².